The van der Waals surface area contributed by atoms with Gasteiger partial charge in [-0.3, -0.25) is 9.59 Å². The number of hydrogen-bond acceptors (Lipinski definition) is 2. The minimum absolute atomic E-state index is 0.0652. The second-order valence-electron chi connectivity index (χ2n) is 7.37. The van der Waals surface area contributed by atoms with Crippen molar-refractivity contribution >= 4 is 11.8 Å². The Balaban J connectivity index is 1.47. The Kier molecular flexibility index (Phi) is 4.92. The van der Waals surface area contributed by atoms with Crippen molar-refractivity contribution in [2.75, 3.05) is 6.54 Å². The third kappa shape index (κ3) is 4.02. The number of carbonyl (C=O) groups excluding carboxylic acids is 2. The normalized spacial score (nSPS) is 16.6. The summed E-state index contributed by atoms with van der Waals surface area (Å²) >= 11 is 0. The van der Waals surface area contributed by atoms with E-state index in [1.54, 1.807) is 23.1 Å². The summed E-state index contributed by atoms with van der Waals surface area (Å²) in [4.78, 5) is 28.4. The lowest BCUT2D eigenvalue weighted by Gasteiger charge is -2.23. The number of carbonyl (C=O) groups is 2. The molecule has 2 aromatic carbocycles. The van der Waals surface area contributed by atoms with Crippen LogP contribution in [-0.4, -0.2) is 34.2 Å². The molecule has 0 spiro atoms. The molecule has 140 valence electrons. The maximum atomic E-state index is 14.0. The number of amides is 2. The number of likely N-dealkylation sites (tertiary alicyclic amines) is 1. The van der Waals surface area contributed by atoms with Gasteiger partial charge in [-0.05, 0) is 43.0 Å². The standard InChI is InChI=1S/C22H23FN2O2/c23-20-5-2-1-4-18(20)15-25(19-11-12-19)22(27)17-9-7-16(8-10-17)14-24-13-3-6-21(24)26/h1-2,4-5,7-10,19H,3,6,11-15H2. The van der Waals surface area contributed by atoms with Gasteiger partial charge in [-0.1, -0.05) is 30.3 Å². The van der Waals surface area contributed by atoms with E-state index < -0.39 is 0 Å². The van der Waals surface area contributed by atoms with Crippen LogP contribution in [0.25, 0.3) is 0 Å². The van der Waals surface area contributed by atoms with Crippen molar-refractivity contribution in [3.63, 3.8) is 0 Å². The highest BCUT2D eigenvalue weighted by molar-refractivity contribution is 5.94. The lowest BCUT2D eigenvalue weighted by atomic mass is 10.1. The van der Waals surface area contributed by atoms with Crippen LogP contribution in [0.5, 0.6) is 0 Å². The Morgan fingerprint density at radius 2 is 1.85 bits per heavy atom. The van der Waals surface area contributed by atoms with Gasteiger partial charge >= 0.3 is 0 Å². The molecule has 0 atom stereocenters. The highest BCUT2D eigenvalue weighted by Gasteiger charge is 2.33. The first kappa shape index (κ1) is 17.7. The molecule has 2 fully saturated rings. The minimum Gasteiger partial charge on any atom is -0.338 e. The first-order chi connectivity index (χ1) is 13.1. The molecule has 4 rings (SSSR count). The third-order valence-electron chi connectivity index (χ3n) is 5.29. The fourth-order valence-electron chi connectivity index (χ4n) is 3.57. The van der Waals surface area contributed by atoms with Gasteiger partial charge in [-0.2, -0.15) is 0 Å². The highest BCUT2D eigenvalue weighted by Crippen LogP contribution is 2.30. The van der Waals surface area contributed by atoms with Crippen LogP contribution < -0.4 is 0 Å². The molecule has 1 saturated heterocycles. The molecule has 1 heterocycles. The van der Waals surface area contributed by atoms with Crippen LogP contribution in [0.1, 0.15) is 47.2 Å². The average Bonchev–Trinajstić information content (AvgIpc) is 3.44. The zero-order chi connectivity index (χ0) is 18.8. The molecule has 2 aromatic rings. The van der Waals surface area contributed by atoms with E-state index in [1.165, 1.54) is 6.07 Å². The SMILES string of the molecule is O=C1CCCN1Cc1ccc(C(=O)N(Cc2ccccc2F)C2CC2)cc1. The van der Waals surface area contributed by atoms with E-state index in [1.807, 2.05) is 29.2 Å². The van der Waals surface area contributed by atoms with Gasteiger partial charge in [0.15, 0.2) is 0 Å². The molecule has 0 aromatic heterocycles. The summed E-state index contributed by atoms with van der Waals surface area (Å²) < 4.78 is 14.0. The van der Waals surface area contributed by atoms with Crippen molar-refractivity contribution in [2.24, 2.45) is 0 Å². The highest BCUT2D eigenvalue weighted by atomic mass is 19.1. The molecule has 5 heteroatoms. The molecule has 4 nitrogen and oxygen atoms in total. The van der Waals surface area contributed by atoms with Crippen LogP contribution in [0.15, 0.2) is 48.5 Å². The smallest absolute Gasteiger partial charge is 0.254 e. The Morgan fingerprint density at radius 3 is 2.48 bits per heavy atom. The van der Waals surface area contributed by atoms with Gasteiger partial charge in [0, 0.05) is 43.2 Å². The van der Waals surface area contributed by atoms with Gasteiger partial charge in [0.2, 0.25) is 5.91 Å². The monoisotopic (exact) mass is 366 g/mol. The predicted octanol–water partition coefficient (Wildman–Crippen LogP) is 3.75. The van der Waals surface area contributed by atoms with Gasteiger partial charge in [-0.15, -0.1) is 0 Å². The van der Waals surface area contributed by atoms with Crippen LogP contribution in [0, 0.1) is 5.82 Å². The van der Waals surface area contributed by atoms with Gasteiger partial charge in [0.05, 0.1) is 0 Å². The van der Waals surface area contributed by atoms with Crippen LogP contribution in [0.4, 0.5) is 4.39 Å². The van der Waals surface area contributed by atoms with Gasteiger partial charge < -0.3 is 9.80 Å². The van der Waals surface area contributed by atoms with Crippen LogP contribution in [0.2, 0.25) is 0 Å². The zero-order valence-electron chi connectivity index (χ0n) is 15.2. The number of benzene rings is 2. The summed E-state index contributed by atoms with van der Waals surface area (Å²) in [5.41, 5.74) is 2.17. The largest absolute Gasteiger partial charge is 0.338 e. The van der Waals surface area contributed by atoms with E-state index in [2.05, 4.69) is 0 Å². The predicted molar refractivity (Wildman–Crippen MR) is 100 cm³/mol. The Morgan fingerprint density at radius 1 is 1.11 bits per heavy atom. The summed E-state index contributed by atoms with van der Waals surface area (Å²) in [5.74, 6) is -0.147. The van der Waals surface area contributed by atoms with Gasteiger partial charge in [0.1, 0.15) is 5.82 Å². The fourth-order valence-corrected chi connectivity index (χ4v) is 3.57. The van der Waals surface area contributed by atoms with E-state index in [0.717, 1.165) is 31.4 Å². The lowest BCUT2D eigenvalue weighted by Crippen LogP contribution is -2.33. The summed E-state index contributed by atoms with van der Waals surface area (Å²) in [6.45, 7) is 1.69. The second kappa shape index (κ2) is 7.51. The Labute approximate surface area is 158 Å². The van der Waals surface area contributed by atoms with Gasteiger partial charge in [-0.25, -0.2) is 4.39 Å². The van der Waals surface area contributed by atoms with Crippen LogP contribution in [-0.2, 0) is 17.9 Å². The van der Waals surface area contributed by atoms with E-state index in [4.69, 9.17) is 0 Å². The molecule has 1 aliphatic carbocycles. The number of halogens is 1. The molecular weight excluding hydrogens is 343 g/mol. The second-order valence-corrected chi connectivity index (χ2v) is 7.37. The van der Waals surface area contributed by atoms with Crippen molar-refractivity contribution < 1.29 is 14.0 Å². The number of nitrogens with zero attached hydrogens (tertiary/aromatic N) is 2. The first-order valence-corrected chi connectivity index (χ1v) is 9.53. The molecular formula is C22H23FN2O2. The van der Waals surface area contributed by atoms with E-state index in [0.29, 0.717) is 30.6 Å². The summed E-state index contributed by atoms with van der Waals surface area (Å²) in [7, 11) is 0. The molecule has 0 radical (unpaired) electrons. The van der Waals surface area contributed by atoms with Gasteiger partial charge in [0.25, 0.3) is 5.91 Å². The Hall–Kier alpha value is -2.69. The maximum absolute atomic E-state index is 14.0. The summed E-state index contributed by atoms with van der Waals surface area (Å²) in [6, 6.07) is 14.3. The van der Waals surface area contributed by atoms with Crippen LogP contribution in [0.3, 0.4) is 0 Å². The summed E-state index contributed by atoms with van der Waals surface area (Å²) in [5, 5.41) is 0. The topological polar surface area (TPSA) is 40.6 Å². The third-order valence-corrected chi connectivity index (χ3v) is 5.29. The van der Waals surface area contributed by atoms with Crippen LogP contribution >= 0.6 is 0 Å². The van der Waals surface area contributed by atoms with Crippen molar-refractivity contribution in [1.82, 2.24) is 9.80 Å². The molecule has 0 unspecified atom stereocenters. The van der Waals surface area contributed by atoms with Crippen molar-refractivity contribution in [2.45, 2.75) is 44.8 Å². The lowest BCUT2D eigenvalue weighted by molar-refractivity contribution is -0.128. The molecule has 0 N–H and O–H groups in total. The Bertz CT molecular complexity index is 846. The molecule has 27 heavy (non-hydrogen) atoms. The van der Waals surface area contributed by atoms with E-state index in [-0.39, 0.29) is 23.7 Å². The average molecular weight is 366 g/mol. The zero-order valence-corrected chi connectivity index (χ0v) is 15.2. The molecule has 0 bridgehead atoms. The van der Waals surface area contributed by atoms with E-state index >= 15 is 0 Å². The molecule has 2 amide bonds. The minimum atomic E-state index is -0.276. The molecule has 2 aliphatic rings. The molecule has 1 aliphatic heterocycles. The summed E-state index contributed by atoms with van der Waals surface area (Å²) in [6.07, 6.45) is 3.48. The van der Waals surface area contributed by atoms with E-state index in [9.17, 15) is 14.0 Å². The first-order valence-electron chi connectivity index (χ1n) is 9.53. The number of rotatable bonds is 6. The maximum Gasteiger partial charge on any atom is 0.254 e. The van der Waals surface area contributed by atoms with Crippen molar-refractivity contribution in [1.29, 1.82) is 0 Å². The quantitative estimate of drug-likeness (QED) is 0.781. The fraction of sp³-hybridized carbons (Fsp3) is 0.364. The number of hydrogen-bond donors (Lipinski definition) is 0. The van der Waals surface area contributed by atoms with Crippen molar-refractivity contribution in [3.05, 3.63) is 71.0 Å². The molecule has 1 saturated carbocycles. The van der Waals surface area contributed by atoms with Crippen molar-refractivity contribution in [3.8, 4) is 0 Å².